The predicted octanol–water partition coefficient (Wildman–Crippen LogP) is 2.62. The van der Waals surface area contributed by atoms with Gasteiger partial charge < -0.3 is 0 Å². The van der Waals surface area contributed by atoms with E-state index in [0.717, 1.165) is 0 Å². The van der Waals surface area contributed by atoms with Gasteiger partial charge in [0.05, 0.1) is 0 Å². The molecule has 0 N–H and O–H groups in total. The molecule has 0 aliphatic heterocycles. The molecule has 0 saturated heterocycles. The lowest BCUT2D eigenvalue weighted by molar-refractivity contribution is 0.394. The van der Waals surface area contributed by atoms with Crippen LogP contribution in [0.25, 0.3) is 0 Å². The molecule has 0 aliphatic rings. The Morgan fingerprint density at radius 3 is 1.56 bits per heavy atom. The van der Waals surface area contributed by atoms with E-state index in [2.05, 4.69) is 5.92 Å². The number of hydrogen-bond acceptors (Lipinski definition) is 0. The molecule has 0 heterocycles. The zero-order valence-corrected chi connectivity index (χ0v) is 7.30. The molecule has 9 heavy (non-hydrogen) atoms. The Kier molecular flexibility index (Phi) is 2.24. The maximum atomic E-state index is 5.28. The van der Waals surface area contributed by atoms with Crippen LogP contribution in [0.15, 0.2) is 0 Å². The molecule has 0 aliphatic carbocycles. The summed E-state index contributed by atoms with van der Waals surface area (Å²) < 4.78 is -0.207. The van der Waals surface area contributed by atoms with E-state index in [9.17, 15) is 0 Å². The van der Waals surface area contributed by atoms with E-state index in [1.807, 2.05) is 27.7 Å². The van der Waals surface area contributed by atoms with Crippen LogP contribution in [0, 0.1) is 17.8 Å². The molecule has 0 aromatic rings. The van der Waals surface area contributed by atoms with Crippen LogP contribution >= 0.6 is 12.6 Å². The van der Waals surface area contributed by atoms with Crippen molar-refractivity contribution in [2.24, 2.45) is 5.41 Å². The maximum absolute atomic E-state index is 5.28. The Balaban J connectivity index is 4.39. The Morgan fingerprint density at radius 1 is 1.22 bits per heavy atom. The molecule has 0 fully saturated rings. The second-order valence-electron chi connectivity index (χ2n) is 3.28. The SMILES string of the molecule is C#CC(C)(C)C(C)(C)[S]. The molecule has 1 heteroatoms. The van der Waals surface area contributed by atoms with Crippen molar-refractivity contribution < 1.29 is 0 Å². The van der Waals surface area contributed by atoms with Gasteiger partial charge in [0.2, 0.25) is 0 Å². The minimum Gasteiger partial charge on any atom is -0.119 e. The monoisotopic (exact) mass is 141 g/mol. The summed E-state index contributed by atoms with van der Waals surface area (Å²) in [4.78, 5) is 0. The summed E-state index contributed by atoms with van der Waals surface area (Å²) in [5.74, 6) is 2.68. The van der Waals surface area contributed by atoms with Gasteiger partial charge in [0, 0.05) is 10.2 Å². The average Bonchev–Trinajstić information content (AvgIpc) is 1.64. The van der Waals surface area contributed by atoms with Crippen molar-refractivity contribution in [1.82, 2.24) is 0 Å². The molecule has 0 aromatic heterocycles. The maximum Gasteiger partial charge on any atom is 0.0405 e. The highest BCUT2D eigenvalue weighted by atomic mass is 32.1. The van der Waals surface area contributed by atoms with Gasteiger partial charge in [-0.05, 0) is 27.7 Å². The molecule has 0 atom stereocenters. The summed E-state index contributed by atoms with van der Waals surface area (Å²) in [5.41, 5.74) is -0.178. The number of rotatable bonds is 1. The molecule has 0 saturated carbocycles. The Labute approximate surface area is 63.4 Å². The first-order chi connectivity index (χ1) is 3.81. The number of hydrogen-bond donors (Lipinski definition) is 0. The normalized spacial score (nSPS) is 12.9. The fraction of sp³-hybridized carbons (Fsp3) is 0.750. The third kappa shape index (κ3) is 1.95. The van der Waals surface area contributed by atoms with Crippen molar-refractivity contribution in [3.05, 3.63) is 0 Å². The van der Waals surface area contributed by atoms with Crippen molar-refractivity contribution in [3.63, 3.8) is 0 Å². The van der Waals surface area contributed by atoms with Crippen molar-refractivity contribution in [1.29, 1.82) is 0 Å². The van der Waals surface area contributed by atoms with E-state index in [0.29, 0.717) is 0 Å². The lowest BCUT2D eigenvalue weighted by Crippen LogP contribution is -2.31. The standard InChI is InChI=1S/C8H13S/c1-6-7(2,3)8(4,5)9/h1H,2-5H3. The van der Waals surface area contributed by atoms with Crippen LogP contribution in [0.2, 0.25) is 0 Å². The summed E-state index contributed by atoms with van der Waals surface area (Å²) in [6, 6.07) is 0. The van der Waals surface area contributed by atoms with Gasteiger partial charge >= 0.3 is 0 Å². The van der Waals surface area contributed by atoms with E-state index >= 15 is 0 Å². The highest BCUT2D eigenvalue weighted by molar-refractivity contribution is 7.81. The van der Waals surface area contributed by atoms with E-state index < -0.39 is 0 Å². The zero-order chi connectivity index (χ0) is 7.71. The largest absolute Gasteiger partial charge is 0.119 e. The Bertz CT molecular complexity index is 132. The molecule has 0 unspecified atom stereocenters. The van der Waals surface area contributed by atoms with Crippen molar-refractivity contribution in [2.75, 3.05) is 0 Å². The highest BCUT2D eigenvalue weighted by Gasteiger charge is 2.32. The van der Waals surface area contributed by atoms with Crippen LogP contribution in [-0.2, 0) is 0 Å². The van der Waals surface area contributed by atoms with E-state index in [1.165, 1.54) is 0 Å². The third-order valence-corrected chi connectivity index (χ3v) is 2.38. The molecule has 0 bridgehead atoms. The van der Waals surface area contributed by atoms with Gasteiger partial charge in [-0.3, -0.25) is 0 Å². The summed E-state index contributed by atoms with van der Waals surface area (Å²) in [7, 11) is 0. The lowest BCUT2D eigenvalue weighted by Gasteiger charge is -2.31. The minimum absolute atomic E-state index is 0.178. The molecule has 0 nitrogen and oxygen atoms in total. The van der Waals surface area contributed by atoms with Crippen LogP contribution in [0.4, 0.5) is 0 Å². The molecular formula is C8H13S. The van der Waals surface area contributed by atoms with Crippen molar-refractivity contribution in [2.45, 2.75) is 32.4 Å². The first-order valence-corrected chi connectivity index (χ1v) is 3.40. The molecule has 0 amide bonds. The smallest absolute Gasteiger partial charge is 0.0405 e. The Morgan fingerprint density at radius 2 is 1.56 bits per heavy atom. The summed E-state index contributed by atoms with van der Waals surface area (Å²) >= 11 is 5.18. The molecular weight excluding hydrogens is 128 g/mol. The fourth-order valence-electron chi connectivity index (χ4n) is 0.174. The Hall–Kier alpha value is -0.0900. The average molecular weight is 141 g/mol. The molecule has 0 rings (SSSR count). The lowest BCUT2D eigenvalue weighted by atomic mass is 9.81. The first-order valence-electron chi connectivity index (χ1n) is 2.99. The quantitative estimate of drug-likeness (QED) is 0.492. The van der Waals surface area contributed by atoms with Gasteiger partial charge in [0.15, 0.2) is 0 Å². The van der Waals surface area contributed by atoms with Crippen LogP contribution < -0.4 is 0 Å². The van der Waals surface area contributed by atoms with Gasteiger partial charge in [-0.15, -0.1) is 6.42 Å². The van der Waals surface area contributed by atoms with E-state index in [1.54, 1.807) is 0 Å². The zero-order valence-electron chi connectivity index (χ0n) is 6.49. The van der Waals surface area contributed by atoms with Crippen LogP contribution in [0.5, 0.6) is 0 Å². The van der Waals surface area contributed by atoms with Crippen LogP contribution in [0.1, 0.15) is 27.7 Å². The topological polar surface area (TPSA) is 0 Å². The summed E-state index contributed by atoms with van der Waals surface area (Å²) in [5, 5.41) is 0. The highest BCUT2D eigenvalue weighted by Crippen LogP contribution is 2.34. The van der Waals surface area contributed by atoms with Crippen LogP contribution in [-0.4, -0.2) is 4.75 Å². The second kappa shape index (κ2) is 2.27. The molecule has 0 spiro atoms. The number of terminal acetylenes is 1. The van der Waals surface area contributed by atoms with E-state index in [4.69, 9.17) is 19.1 Å². The van der Waals surface area contributed by atoms with Gasteiger partial charge in [-0.1, -0.05) is 18.5 Å². The molecule has 51 valence electrons. The van der Waals surface area contributed by atoms with E-state index in [-0.39, 0.29) is 10.2 Å². The second-order valence-corrected chi connectivity index (χ2v) is 4.30. The van der Waals surface area contributed by atoms with Gasteiger partial charge in [-0.2, -0.15) is 0 Å². The minimum atomic E-state index is -0.207. The fourth-order valence-corrected chi connectivity index (χ4v) is 0.233. The summed E-state index contributed by atoms with van der Waals surface area (Å²) in [6.07, 6.45) is 5.28. The molecule has 0 aromatic carbocycles. The van der Waals surface area contributed by atoms with Gasteiger partial charge in [0.25, 0.3) is 0 Å². The van der Waals surface area contributed by atoms with Crippen LogP contribution in [0.3, 0.4) is 0 Å². The molecule has 1 radical (unpaired) electrons. The third-order valence-electron chi connectivity index (χ3n) is 1.87. The van der Waals surface area contributed by atoms with Gasteiger partial charge in [0.1, 0.15) is 0 Å². The van der Waals surface area contributed by atoms with Crippen molar-refractivity contribution >= 4 is 12.6 Å². The first kappa shape index (κ1) is 8.91. The summed E-state index contributed by atoms with van der Waals surface area (Å²) in [6.45, 7) is 7.92. The van der Waals surface area contributed by atoms with Gasteiger partial charge in [-0.25, -0.2) is 0 Å². The predicted molar refractivity (Wildman–Crippen MR) is 44.3 cm³/mol. The van der Waals surface area contributed by atoms with Crippen molar-refractivity contribution in [3.8, 4) is 12.3 Å².